The smallest absolute Gasteiger partial charge is 0.137 e. The van der Waals surface area contributed by atoms with E-state index in [0.29, 0.717) is 6.04 Å². The Kier molecular flexibility index (Phi) is 3.54. The number of carbonyl (C=O) groups excluding carboxylic acids is 1. The van der Waals surface area contributed by atoms with Gasteiger partial charge in [-0.2, -0.15) is 0 Å². The highest BCUT2D eigenvalue weighted by molar-refractivity contribution is 5.57. The van der Waals surface area contributed by atoms with E-state index in [0.717, 1.165) is 45.3 Å². The fraction of sp³-hybridized carbons (Fsp3) is 0.909. The first-order valence-corrected chi connectivity index (χ1v) is 5.70. The SMILES string of the molecule is O=CC1CCCCN1C1CCOCC1. The first-order valence-electron chi connectivity index (χ1n) is 5.70. The zero-order chi connectivity index (χ0) is 9.80. The van der Waals surface area contributed by atoms with Crippen LogP contribution in [0.4, 0.5) is 0 Å². The Labute approximate surface area is 85.4 Å². The van der Waals surface area contributed by atoms with Gasteiger partial charge < -0.3 is 9.53 Å². The molecule has 0 spiro atoms. The van der Waals surface area contributed by atoms with E-state index < -0.39 is 0 Å². The van der Waals surface area contributed by atoms with E-state index in [9.17, 15) is 4.79 Å². The van der Waals surface area contributed by atoms with Gasteiger partial charge in [-0.05, 0) is 32.2 Å². The molecule has 0 N–H and O–H groups in total. The average molecular weight is 197 g/mol. The van der Waals surface area contributed by atoms with Crippen LogP contribution < -0.4 is 0 Å². The van der Waals surface area contributed by atoms with E-state index in [4.69, 9.17) is 4.74 Å². The lowest BCUT2D eigenvalue weighted by molar-refractivity contribution is -0.115. The molecule has 2 rings (SSSR count). The fourth-order valence-electron chi connectivity index (χ4n) is 2.60. The molecule has 3 nitrogen and oxygen atoms in total. The Balaban J connectivity index is 1.94. The van der Waals surface area contributed by atoms with Crippen molar-refractivity contribution in [1.29, 1.82) is 0 Å². The number of carbonyl (C=O) groups is 1. The van der Waals surface area contributed by atoms with E-state index in [1.165, 1.54) is 12.8 Å². The first kappa shape index (κ1) is 10.1. The maximum atomic E-state index is 10.9. The zero-order valence-corrected chi connectivity index (χ0v) is 8.65. The van der Waals surface area contributed by atoms with Gasteiger partial charge in [0, 0.05) is 19.3 Å². The number of rotatable bonds is 2. The number of piperidine rings is 1. The van der Waals surface area contributed by atoms with Crippen LogP contribution in [0.3, 0.4) is 0 Å². The first-order chi connectivity index (χ1) is 6.92. The highest BCUT2D eigenvalue weighted by Crippen LogP contribution is 2.23. The van der Waals surface area contributed by atoms with E-state index in [1.807, 2.05) is 0 Å². The van der Waals surface area contributed by atoms with Gasteiger partial charge in [-0.3, -0.25) is 4.90 Å². The van der Waals surface area contributed by atoms with E-state index in [-0.39, 0.29) is 6.04 Å². The molecular formula is C11H19NO2. The summed E-state index contributed by atoms with van der Waals surface area (Å²) in [6.07, 6.45) is 6.86. The number of ether oxygens (including phenoxy) is 1. The molecule has 0 saturated carbocycles. The molecule has 2 saturated heterocycles. The van der Waals surface area contributed by atoms with Crippen LogP contribution in [0.15, 0.2) is 0 Å². The largest absolute Gasteiger partial charge is 0.381 e. The van der Waals surface area contributed by atoms with Crippen molar-refractivity contribution >= 4 is 6.29 Å². The molecule has 0 aromatic rings. The third kappa shape index (κ3) is 2.15. The van der Waals surface area contributed by atoms with Crippen LogP contribution in [0.25, 0.3) is 0 Å². The summed E-state index contributed by atoms with van der Waals surface area (Å²) < 4.78 is 5.34. The van der Waals surface area contributed by atoms with Crippen molar-refractivity contribution < 1.29 is 9.53 Å². The molecule has 1 atom stereocenters. The summed E-state index contributed by atoms with van der Waals surface area (Å²) in [5.41, 5.74) is 0. The van der Waals surface area contributed by atoms with Gasteiger partial charge in [-0.1, -0.05) is 6.42 Å². The monoisotopic (exact) mass is 197 g/mol. The summed E-state index contributed by atoms with van der Waals surface area (Å²) in [5.74, 6) is 0. The van der Waals surface area contributed by atoms with Crippen LogP contribution in [-0.2, 0) is 9.53 Å². The Hall–Kier alpha value is -0.410. The molecule has 0 amide bonds. The summed E-state index contributed by atoms with van der Waals surface area (Å²) in [7, 11) is 0. The average Bonchev–Trinajstić information content (AvgIpc) is 2.30. The van der Waals surface area contributed by atoms with Crippen LogP contribution in [0.5, 0.6) is 0 Å². The molecule has 2 aliphatic rings. The van der Waals surface area contributed by atoms with Gasteiger partial charge in [0.15, 0.2) is 0 Å². The van der Waals surface area contributed by atoms with Crippen molar-refractivity contribution in [3.63, 3.8) is 0 Å². The molecule has 0 aliphatic carbocycles. The van der Waals surface area contributed by atoms with Gasteiger partial charge in [0.05, 0.1) is 6.04 Å². The second kappa shape index (κ2) is 4.89. The van der Waals surface area contributed by atoms with Gasteiger partial charge >= 0.3 is 0 Å². The highest BCUT2D eigenvalue weighted by Gasteiger charge is 2.29. The van der Waals surface area contributed by atoms with Crippen LogP contribution >= 0.6 is 0 Å². The third-order valence-corrected chi connectivity index (χ3v) is 3.41. The van der Waals surface area contributed by atoms with E-state index in [2.05, 4.69) is 4.90 Å². The molecule has 0 aromatic heterocycles. The summed E-state index contributed by atoms with van der Waals surface area (Å²) in [4.78, 5) is 13.3. The molecule has 2 heterocycles. The van der Waals surface area contributed by atoms with Crippen LogP contribution in [0.2, 0.25) is 0 Å². The number of nitrogens with zero attached hydrogens (tertiary/aromatic N) is 1. The Morgan fingerprint density at radius 3 is 2.64 bits per heavy atom. The number of aldehydes is 1. The summed E-state index contributed by atoms with van der Waals surface area (Å²) in [6.45, 7) is 2.84. The topological polar surface area (TPSA) is 29.5 Å². The Morgan fingerprint density at radius 1 is 1.14 bits per heavy atom. The lowest BCUT2D eigenvalue weighted by Gasteiger charge is -2.40. The summed E-state index contributed by atoms with van der Waals surface area (Å²) >= 11 is 0. The van der Waals surface area contributed by atoms with Crippen LogP contribution in [0, 0.1) is 0 Å². The Bertz CT molecular complexity index is 190. The molecule has 0 bridgehead atoms. The molecule has 14 heavy (non-hydrogen) atoms. The minimum atomic E-state index is 0.187. The van der Waals surface area contributed by atoms with Crippen molar-refractivity contribution in [3.05, 3.63) is 0 Å². The molecule has 2 fully saturated rings. The fourth-order valence-corrected chi connectivity index (χ4v) is 2.60. The van der Waals surface area contributed by atoms with E-state index >= 15 is 0 Å². The third-order valence-electron chi connectivity index (χ3n) is 3.41. The lowest BCUT2D eigenvalue weighted by atomic mass is 9.97. The molecule has 0 radical (unpaired) electrons. The summed E-state index contributed by atoms with van der Waals surface area (Å²) in [6, 6.07) is 0.783. The second-order valence-corrected chi connectivity index (χ2v) is 4.28. The van der Waals surface area contributed by atoms with E-state index in [1.54, 1.807) is 0 Å². The van der Waals surface area contributed by atoms with Crippen molar-refractivity contribution in [2.75, 3.05) is 19.8 Å². The molecule has 80 valence electrons. The normalized spacial score (nSPS) is 31.6. The summed E-state index contributed by atoms with van der Waals surface area (Å²) in [5, 5.41) is 0. The molecule has 1 unspecified atom stereocenters. The van der Waals surface area contributed by atoms with Gasteiger partial charge in [0.2, 0.25) is 0 Å². The van der Waals surface area contributed by atoms with Crippen molar-refractivity contribution in [3.8, 4) is 0 Å². The molecule has 0 aromatic carbocycles. The standard InChI is InChI=1S/C11H19NO2/c13-9-11-3-1-2-6-12(11)10-4-7-14-8-5-10/h9-11H,1-8H2. The maximum Gasteiger partial charge on any atom is 0.137 e. The molecule has 2 aliphatic heterocycles. The van der Waals surface area contributed by atoms with Crippen molar-refractivity contribution in [2.45, 2.75) is 44.2 Å². The van der Waals surface area contributed by atoms with Crippen molar-refractivity contribution in [2.24, 2.45) is 0 Å². The minimum Gasteiger partial charge on any atom is -0.381 e. The molecular weight excluding hydrogens is 178 g/mol. The highest BCUT2D eigenvalue weighted by atomic mass is 16.5. The van der Waals surface area contributed by atoms with Gasteiger partial charge in [-0.15, -0.1) is 0 Å². The number of hydrogen-bond donors (Lipinski definition) is 0. The second-order valence-electron chi connectivity index (χ2n) is 4.28. The Morgan fingerprint density at radius 2 is 1.93 bits per heavy atom. The maximum absolute atomic E-state index is 10.9. The quantitative estimate of drug-likeness (QED) is 0.623. The van der Waals surface area contributed by atoms with Crippen molar-refractivity contribution in [1.82, 2.24) is 4.90 Å². The predicted molar refractivity (Wildman–Crippen MR) is 54.3 cm³/mol. The van der Waals surface area contributed by atoms with Gasteiger partial charge in [0.25, 0.3) is 0 Å². The van der Waals surface area contributed by atoms with Gasteiger partial charge in [-0.25, -0.2) is 0 Å². The van der Waals surface area contributed by atoms with Crippen LogP contribution in [0.1, 0.15) is 32.1 Å². The van der Waals surface area contributed by atoms with Crippen LogP contribution in [-0.4, -0.2) is 43.0 Å². The molecule has 3 heteroatoms. The lowest BCUT2D eigenvalue weighted by Crippen LogP contribution is -2.49. The van der Waals surface area contributed by atoms with Gasteiger partial charge in [0.1, 0.15) is 6.29 Å². The number of likely N-dealkylation sites (tertiary alicyclic amines) is 1. The minimum absolute atomic E-state index is 0.187. The predicted octanol–water partition coefficient (Wildman–Crippen LogP) is 1.22. The number of hydrogen-bond acceptors (Lipinski definition) is 3. The zero-order valence-electron chi connectivity index (χ0n) is 8.65.